The summed E-state index contributed by atoms with van der Waals surface area (Å²) in [5.41, 5.74) is 2.48. The summed E-state index contributed by atoms with van der Waals surface area (Å²) in [6.07, 6.45) is 3.64. The Hall–Kier alpha value is -3.40. The Morgan fingerprint density at radius 2 is 1.88 bits per heavy atom. The van der Waals surface area contributed by atoms with E-state index in [0.717, 1.165) is 35.9 Å². The molecule has 7 nitrogen and oxygen atoms in total. The number of halogens is 2. The first-order valence-corrected chi connectivity index (χ1v) is 11.7. The highest BCUT2D eigenvalue weighted by atomic mass is 32.2. The quantitative estimate of drug-likeness (QED) is 0.569. The van der Waals surface area contributed by atoms with Crippen LogP contribution in [0.15, 0.2) is 59.2 Å². The number of ether oxygens (including phenoxy) is 1. The molecule has 2 amide bonds. The van der Waals surface area contributed by atoms with Crippen LogP contribution in [0.4, 0.5) is 20.2 Å². The Labute approximate surface area is 200 Å². The minimum absolute atomic E-state index is 0.0166. The van der Waals surface area contributed by atoms with Crippen molar-refractivity contribution in [1.29, 1.82) is 0 Å². The van der Waals surface area contributed by atoms with Gasteiger partial charge in [-0.1, -0.05) is 23.9 Å². The molecule has 1 N–H and O–H groups in total. The van der Waals surface area contributed by atoms with Crippen LogP contribution in [0.1, 0.15) is 18.4 Å². The van der Waals surface area contributed by atoms with E-state index < -0.39 is 6.61 Å². The predicted octanol–water partition coefficient (Wildman–Crippen LogP) is 4.11. The number of alkyl halides is 2. The molecule has 0 saturated heterocycles. The molecule has 1 aliphatic heterocycles. The Kier molecular flexibility index (Phi) is 7.16. The van der Waals surface area contributed by atoms with Crippen LogP contribution >= 0.6 is 11.8 Å². The van der Waals surface area contributed by atoms with Crippen molar-refractivity contribution in [2.24, 2.45) is 4.99 Å². The smallest absolute Gasteiger partial charge is 0.387 e. The molecule has 34 heavy (non-hydrogen) atoms. The molecule has 0 radical (unpaired) electrons. The van der Waals surface area contributed by atoms with E-state index in [1.165, 1.54) is 29.2 Å². The maximum absolute atomic E-state index is 13.3. The summed E-state index contributed by atoms with van der Waals surface area (Å²) in [4.78, 5) is 33.3. The van der Waals surface area contributed by atoms with Crippen molar-refractivity contribution < 1.29 is 23.1 Å². The van der Waals surface area contributed by atoms with Crippen molar-refractivity contribution in [3.05, 3.63) is 59.8 Å². The molecule has 1 fully saturated rings. The minimum Gasteiger partial charge on any atom is -0.435 e. The van der Waals surface area contributed by atoms with E-state index in [1.54, 1.807) is 6.08 Å². The number of carbonyl (C=O) groups excluding carboxylic acids is 2. The lowest BCUT2D eigenvalue weighted by molar-refractivity contribution is -0.118. The maximum atomic E-state index is 13.3. The lowest BCUT2D eigenvalue weighted by Crippen LogP contribution is -2.32. The highest BCUT2D eigenvalue weighted by Crippen LogP contribution is 2.31. The molecule has 0 spiro atoms. The molecule has 0 atom stereocenters. The zero-order chi connectivity index (χ0) is 24.2. The van der Waals surface area contributed by atoms with Crippen LogP contribution in [0.5, 0.6) is 5.75 Å². The number of rotatable bonds is 8. The Bertz CT molecular complexity index is 1110. The van der Waals surface area contributed by atoms with Crippen molar-refractivity contribution in [1.82, 2.24) is 5.32 Å². The summed E-state index contributed by atoms with van der Waals surface area (Å²) in [6, 6.07) is 13.6. The number of anilines is 2. The van der Waals surface area contributed by atoms with E-state index in [1.807, 2.05) is 43.3 Å². The molecule has 178 valence electrons. The van der Waals surface area contributed by atoms with Gasteiger partial charge in [-0.3, -0.25) is 14.5 Å². The SMILES string of the molecule is CN(C)c1ccc(/C=C2\N=C(SCC(=O)NC3CC3)N(c3ccc(OC(F)F)cc3)C2=O)cc1. The summed E-state index contributed by atoms with van der Waals surface area (Å²) >= 11 is 1.15. The van der Waals surface area contributed by atoms with Gasteiger partial charge >= 0.3 is 6.61 Å². The standard InChI is InChI=1S/C24H24F2N4O3S/c1-29(2)17-7-3-15(4-8-17)13-20-22(32)30(18-9-11-19(12-10-18)33-23(25)26)24(28-20)34-14-21(31)27-16-5-6-16/h3-4,7-13,16,23H,5-6,14H2,1-2H3,(H,27,31)/b20-13-. The van der Waals surface area contributed by atoms with Crippen LogP contribution in [0, 0.1) is 0 Å². The molecular formula is C24H24F2N4O3S. The van der Waals surface area contributed by atoms with E-state index in [2.05, 4.69) is 15.0 Å². The number of carbonyl (C=O) groups is 2. The van der Waals surface area contributed by atoms with Gasteiger partial charge in [0.2, 0.25) is 5.91 Å². The highest BCUT2D eigenvalue weighted by Gasteiger charge is 2.33. The second-order valence-corrected chi connectivity index (χ2v) is 9.00. The fourth-order valence-electron chi connectivity index (χ4n) is 3.25. The number of nitrogens with one attached hydrogen (secondary N) is 1. The normalized spacial score (nSPS) is 16.7. The molecule has 1 aliphatic carbocycles. The molecular weight excluding hydrogens is 462 g/mol. The first-order chi connectivity index (χ1) is 16.3. The number of aliphatic imine (C=N–C) groups is 1. The maximum Gasteiger partial charge on any atom is 0.387 e. The third kappa shape index (κ3) is 5.93. The van der Waals surface area contributed by atoms with Gasteiger partial charge in [0.25, 0.3) is 5.91 Å². The second kappa shape index (κ2) is 10.3. The first kappa shape index (κ1) is 23.7. The number of nitrogens with zero attached hydrogens (tertiary/aromatic N) is 3. The Morgan fingerprint density at radius 1 is 1.21 bits per heavy atom. The summed E-state index contributed by atoms with van der Waals surface area (Å²) in [5, 5.41) is 3.25. The van der Waals surface area contributed by atoms with Gasteiger partial charge < -0.3 is 15.0 Å². The fraction of sp³-hybridized carbons (Fsp3) is 0.292. The van der Waals surface area contributed by atoms with Crippen LogP contribution in [0.3, 0.4) is 0 Å². The second-order valence-electron chi connectivity index (χ2n) is 8.05. The number of amidine groups is 1. The molecule has 1 saturated carbocycles. The topological polar surface area (TPSA) is 74.2 Å². The summed E-state index contributed by atoms with van der Waals surface area (Å²) in [7, 11) is 3.88. The zero-order valence-corrected chi connectivity index (χ0v) is 19.5. The van der Waals surface area contributed by atoms with E-state index in [-0.39, 0.29) is 35.1 Å². The Morgan fingerprint density at radius 3 is 2.47 bits per heavy atom. The van der Waals surface area contributed by atoms with Gasteiger partial charge in [-0.15, -0.1) is 0 Å². The van der Waals surface area contributed by atoms with Crippen molar-refractivity contribution in [2.75, 3.05) is 29.6 Å². The zero-order valence-electron chi connectivity index (χ0n) is 18.7. The number of hydrogen-bond donors (Lipinski definition) is 1. The molecule has 0 unspecified atom stereocenters. The van der Waals surface area contributed by atoms with Crippen LogP contribution in [-0.4, -0.2) is 49.5 Å². The lowest BCUT2D eigenvalue weighted by atomic mass is 10.1. The first-order valence-electron chi connectivity index (χ1n) is 10.7. The van der Waals surface area contributed by atoms with E-state index in [0.29, 0.717) is 10.9 Å². The van der Waals surface area contributed by atoms with Gasteiger partial charge in [0.15, 0.2) is 5.17 Å². The van der Waals surface area contributed by atoms with E-state index in [4.69, 9.17) is 0 Å². The van der Waals surface area contributed by atoms with Crippen molar-refractivity contribution >= 4 is 46.2 Å². The molecule has 2 aromatic rings. The molecule has 0 aromatic heterocycles. The third-order valence-electron chi connectivity index (χ3n) is 5.14. The van der Waals surface area contributed by atoms with Crippen LogP contribution in [0.2, 0.25) is 0 Å². The average Bonchev–Trinajstić information content (AvgIpc) is 3.56. The van der Waals surface area contributed by atoms with Gasteiger partial charge in [0, 0.05) is 25.8 Å². The molecule has 1 heterocycles. The van der Waals surface area contributed by atoms with E-state index >= 15 is 0 Å². The minimum atomic E-state index is -2.94. The third-order valence-corrected chi connectivity index (χ3v) is 6.08. The van der Waals surface area contributed by atoms with Gasteiger partial charge in [-0.25, -0.2) is 4.99 Å². The van der Waals surface area contributed by atoms with Crippen LogP contribution in [-0.2, 0) is 9.59 Å². The van der Waals surface area contributed by atoms with Gasteiger partial charge in [0.1, 0.15) is 11.4 Å². The van der Waals surface area contributed by atoms with Crippen LogP contribution < -0.4 is 19.9 Å². The number of amides is 2. The molecule has 10 heteroatoms. The predicted molar refractivity (Wildman–Crippen MR) is 130 cm³/mol. The lowest BCUT2D eigenvalue weighted by Gasteiger charge is -2.18. The molecule has 2 aromatic carbocycles. The Balaban J connectivity index is 1.58. The molecule has 2 aliphatic rings. The summed E-state index contributed by atoms with van der Waals surface area (Å²) in [6.45, 7) is -2.94. The summed E-state index contributed by atoms with van der Waals surface area (Å²) < 4.78 is 29.4. The van der Waals surface area contributed by atoms with Crippen molar-refractivity contribution in [2.45, 2.75) is 25.5 Å². The number of thioether (sulfide) groups is 1. The van der Waals surface area contributed by atoms with Crippen LogP contribution in [0.25, 0.3) is 6.08 Å². The summed E-state index contributed by atoms with van der Waals surface area (Å²) in [5.74, 6) is -0.405. The van der Waals surface area contributed by atoms with Crippen molar-refractivity contribution in [3.63, 3.8) is 0 Å². The largest absolute Gasteiger partial charge is 0.435 e. The van der Waals surface area contributed by atoms with E-state index in [9.17, 15) is 18.4 Å². The van der Waals surface area contributed by atoms with Crippen molar-refractivity contribution in [3.8, 4) is 5.75 Å². The highest BCUT2D eigenvalue weighted by molar-refractivity contribution is 8.14. The van der Waals surface area contributed by atoms with Gasteiger partial charge in [-0.05, 0) is 60.9 Å². The average molecular weight is 487 g/mol. The van der Waals surface area contributed by atoms with Gasteiger partial charge in [-0.2, -0.15) is 8.78 Å². The number of hydrogen-bond acceptors (Lipinski definition) is 6. The molecule has 0 bridgehead atoms. The monoisotopic (exact) mass is 486 g/mol. The fourth-order valence-corrected chi connectivity index (χ4v) is 4.07. The molecule has 4 rings (SSSR count). The van der Waals surface area contributed by atoms with Gasteiger partial charge in [0.05, 0.1) is 11.4 Å². The number of benzene rings is 2.